The van der Waals surface area contributed by atoms with Gasteiger partial charge in [-0.3, -0.25) is 0 Å². The van der Waals surface area contributed by atoms with Crippen molar-refractivity contribution in [3.63, 3.8) is 0 Å². The standard InChI is InChI=1S/C24H41O2/c1-4-7-10-12-14-17-25-23-19-22(16-9-6-3)20-24(21-23)26-18-15-13-11-8-5-2/h19-21H,3-18H2,1-2H3. The third-order valence-corrected chi connectivity index (χ3v) is 4.69. The first-order valence-corrected chi connectivity index (χ1v) is 11.0. The summed E-state index contributed by atoms with van der Waals surface area (Å²) in [5.41, 5.74) is 1.30. The van der Waals surface area contributed by atoms with E-state index >= 15 is 0 Å². The zero-order valence-electron chi connectivity index (χ0n) is 17.4. The number of hydrogen-bond acceptors (Lipinski definition) is 2. The number of ether oxygens (including phenoxy) is 2. The molecule has 0 spiro atoms. The van der Waals surface area contributed by atoms with Gasteiger partial charge in [-0.2, -0.15) is 0 Å². The van der Waals surface area contributed by atoms with Crippen molar-refractivity contribution in [2.75, 3.05) is 13.2 Å². The smallest absolute Gasteiger partial charge is 0.123 e. The van der Waals surface area contributed by atoms with E-state index in [1.165, 1.54) is 56.9 Å². The van der Waals surface area contributed by atoms with Crippen LogP contribution in [0.4, 0.5) is 0 Å². The molecule has 0 aromatic heterocycles. The van der Waals surface area contributed by atoms with Crippen molar-refractivity contribution in [2.45, 2.75) is 97.3 Å². The zero-order chi connectivity index (χ0) is 18.9. The van der Waals surface area contributed by atoms with Crippen LogP contribution in [0.3, 0.4) is 0 Å². The summed E-state index contributed by atoms with van der Waals surface area (Å²) in [6.45, 7) is 10.1. The van der Waals surface area contributed by atoms with Gasteiger partial charge in [-0.1, -0.05) is 78.6 Å². The van der Waals surface area contributed by atoms with Gasteiger partial charge in [0.25, 0.3) is 0 Å². The molecule has 0 unspecified atom stereocenters. The molecule has 0 aliphatic heterocycles. The van der Waals surface area contributed by atoms with E-state index in [0.29, 0.717) is 0 Å². The third kappa shape index (κ3) is 11.4. The van der Waals surface area contributed by atoms with Crippen molar-refractivity contribution in [3.05, 3.63) is 30.7 Å². The highest BCUT2D eigenvalue weighted by atomic mass is 16.5. The average Bonchev–Trinajstić information content (AvgIpc) is 2.65. The molecule has 0 amide bonds. The molecule has 0 heterocycles. The Bertz CT molecular complexity index is 408. The maximum absolute atomic E-state index is 6.01. The Morgan fingerprint density at radius 3 is 1.62 bits per heavy atom. The summed E-state index contributed by atoms with van der Waals surface area (Å²) in [6, 6.07) is 6.41. The second kappa shape index (κ2) is 16.0. The monoisotopic (exact) mass is 361 g/mol. The highest BCUT2D eigenvalue weighted by Crippen LogP contribution is 2.25. The summed E-state index contributed by atoms with van der Waals surface area (Å²) in [6.07, 6.45) is 15.8. The Morgan fingerprint density at radius 2 is 1.15 bits per heavy atom. The minimum atomic E-state index is 0.805. The van der Waals surface area contributed by atoms with Crippen molar-refractivity contribution < 1.29 is 9.47 Å². The highest BCUT2D eigenvalue weighted by Gasteiger charge is 2.04. The molecule has 1 aromatic rings. The molecule has 0 bridgehead atoms. The molecule has 0 aliphatic carbocycles. The summed E-state index contributed by atoms with van der Waals surface area (Å²) >= 11 is 0. The number of unbranched alkanes of at least 4 members (excludes halogenated alkanes) is 9. The predicted octanol–water partition coefficient (Wildman–Crippen LogP) is 7.54. The fourth-order valence-electron chi connectivity index (χ4n) is 3.06. The van der Waals surface area contributed by atoms with Crippen LogP contribution in [0, 0.1) is 6.92 Å². The molecule has 149 valence electrons. The van der Waals surface area contributed by atoms with Crippen molar-refractivity contribution in [1.29, 1.82) is 0 Å². The minimum Gasteiger partial charge on any atom is -0.493 e. The molecule has 1 rings (SSSR count). The van der Waals surface area contributed by atoms with Gasteiger partial charge in [0.2, 0.25) is 0 Å². The van der Waals surface area contributed by atoms with Crippen molar-refractivity contribution in [3.8, 4) is 11.5 Å². The lowest BCUT2D eigenvalue weighted by Gasteiger charge is -2.12. The number of benzene rings is 1. The average molecular weight is 362 g/mol. The first-order chi connectivity index (χ1) is 12.8. The van der Waals surface area contributed by atoms with E-state index in [2.05, 4.69) is 39.0 Å². The van der Waals surface area contributed by atoms with E-state index in [9.17, 15) is 0 Å². The van der Waals surface area contributed by atoms with E-state index in [4.69, 9.17) is 9.47 Å². The lowest BCUT2D eigenvalue weighted by atomic mass is 10.1. The van der Waals surface area contributed by atoms with Gasteiger partial charge in [0.1, 0.15) is 11.5 Å². The third-order valence-electron chi connectivity index (χ3n) is 4.69. The molecule has 0 atom stereocenters. The van der Waals surface area contributed by atoms with Crippen LogP contribution in [0.5, 0.6) is 11.5 Å². The molecule has 0 aliphatic rings. The molecular weight excluding hydrogens is 320 g/mol. The molecule has 26 heavy (non-hydrogen) atoms. The van der Waals surface area contributed by atoms with Crippen LogP contribution in [0.15, 0.2) is 18.2 Å². The molecule has 0 fully saturated rings. The Balaban J connectivity index is 2.45. The van der Waals surface area contributed by atoms with Crippen LogP contribution < -0.4 is 9.47 Å². The van der Waals surface area contributed by atoms with Gasteiger partial charge in [-0.05, 0) is 43.4 Å². The van der Waals surface area contributed by atoms with Crippen molar-refractivity contribution >= 4 is 0 Å². The van der Waals surface area contributed by atoms with Gasteiger partial charge in [0.15, 0.2) is 0 Å². The quantitative estimate of drug-likeness (QED) is 0.267. The lowest BCUT2D eigenvalue weighted by Crippen LogP contribution is -2.01. The van der Waals surface area contributed by atoms with Gasteiger partial charge in [0, 0.05) is 6.07 Å². The first-order valence-electron chi connectivity index (χ1n) is 11.0. The lowest BCUT2D eigenvalue weighted by molar-refractivity contribution is 0.289. The SMILES string of the molecule is [CH2]CCCc1cc(OCCCCCCC)cc(OCCCCCCC)c1. The first kappa shape index (κ1) is 22.9. The van der Waals surface area contributed by atoms with E-state index in [1.807, 2.05) is 0 Å². The zero-order valence-corrected chi connectivity index (χ0v) is 17.4. The largest absolute Gasteiger partial charge is 0.493 e. The van der Waals surface area contributed by atoms with Crippen molar-refractivity contribution in [2.24, 2.45) is 0 Å². The summed E-state index contributed by atoms with van der Waals surface area (Å²) in [5, 5.41) is 0. The second-order valence-electron chi connectivity index (χ2n) is 7.30. The fraction of sp³-hybridized carbons (Fsp3) is 0.708. The van der Waals surface area contributed by atoms with E-state index in [1.54, 1.807) is 0 Å². The molecule has 2 nitrogen and oxygen atoms in total. The van der Waals surface area contributed by atoms with E-state index < -0.39 is 0 Å². The van der Waals surface area contributed by atoms with Crippen LogP contribution >= 0.6 is 0 Å². The molecule has 0 N–H and O–H groups in total. The van der Waals surface area contributed by atoms with Crippen LogP contribution in [-0.4, -0.2) is 13.2 Å². The molecular formula is C24H41O2. The number of aryl methyl sites for hydroxylation is 1. The maximum atomic E-state index is 6.01. The van der Waals surface area contributed by atoms with Crippen LogP contribution in [0.25, 0.3) is 0 Å². The molecule has 1 radical (unpaired) electrons. The van der Waals surface area contributed by atoms with Crippen LogP contribution in [0.1, 0.15) is 96.5 Å². The summed E-state index contributed by atoms with van der Waals surface area (Å²) in [4.78, 5) is 0. The number of hydrogen-bond donors (Lipinski definition) is 0. The Hall–Kier alpha value is -1.18. The summed E-state index contributed by atoms with van der Waals surface area (Å²) in [7, 11) is 0. The molecule has 0 saturated heterocycles. The molecule has 2 heteroatoms. The number of rotatable bonds is 17. The van der Waals surface area contributed by atoms with E-state index in [-0.39, 0.29) is 0 Å². The fourth-order valence-corrected chi connectivity index (χ4v) is 3.06. The molecule has 1 aromatic carbocycles. The summed E-state index contributed by atoms with van der Waals surface area (Å²) in [5.74, 6) is 1.92. The minimum absolute atomic E-state index is 0.805. The summed E-state index contributed by atoms with van der Waals surface area (Å²) < 4.78 is 12.0. The van der Waals surface area contributed by atoms with E-state index in [0.717, 1.165) is 56.8 Å². The Kier molecular flexibility index (Phi) is 14.1. The predicted molar refractivity (Wildman–Crippen MR) is 113 cm³/mol. The van der Waals surface area contributed by atoms with Gasteiger partial charge < -0.3 is 9.47 Å². The van der Waals surface area contributed by atoms with Crippen molar-refractivity contribution in [1.82, 2.24) is 0 Å². The van der Waals surface area contributed by atoms with Gasteiger partial charge in [-0.15, -0.1) is 0 Å². The van der Waals surface area contributed by atoms with Crippen LogP contribution in [0.2, 0.25) is 0 Å². The Morgan fingerprint density at radius 1 is 0.654 bits per heavy atom. The van der Waals surface area contributed by atoms with Gasteiger partial charge >= 0.3 is 0 Å². The van der Waals surface area contributed by atoms with Gasteiger partial charge in [0.05, 0.1) is 13.2 Å². The topological polar surface area (TPSA) is 18.5 Å². The highest BCUT2D eigenvalue weighted by molar-refractivity contribution is 5.38. The maximum Gasteiger partial charge on any atom is 0.123 e. The van der Waals surface area contributed by atoms with Crippen LogP contribution in [-0.2, 0) is 6.42 Å². The van der Waals surface area contributed by atoms with Gasteiger partial charge in [-0.25, -0.2) is 0 Å². The normalized spacial score (nSPS) is 10.9. The molecule has 0 saturated carbocycles. The second-order valence-corrected chi connectivity index (χ2v) is 7.30. The Labute approximate surface area is 162 Å².